The lowest BCUT2D eigenvalue weighted by Gasteiger charge is -2.13. The Balaban J connectivity index is 1.69. The van der Waals surface area contributed by atoms with Gasteiger partial charge in [0.25, 0.3) is 11.5 Å². The van der Waals surface area contributed by atoms with E-state index in [1.165, 1.54) is 23.4 Å². The molecule has 2 N–H and O–H groups in total. The first-order chi connectivity index (χ1) is 16.4. The number of esters is 1. The fourth-order valence-electron chi connectivity index (χ4n) is 3.28. The van der Waals surface area contributed by atoms with Gasteiger partial charge in [0, 0.05) is 5.75 Å². The Morgan fingerprint density at radius 1 is 1.15 bits per heavy atom. The molecule has 174 valence electrons. The van der Waals surface area contributed by atoms with Gasteiger partial charge in [-0.2, -0.15) is 0 Å². The monoisotopic (exact) mass is 479 g/mol. The maximum atomic E-state index is 13.3. The smallest absolute Gasteiger partial charge is 0.337 e. The van der Waals surface area contributed by atoms with Gasteiger partial charge >= 0.3 is 5.97 Å². The standard InChI is InChI=1S/C24H21N3O6S/c1-31-23(30)16-7-8-19-20(11-16)26-24(27(22(19)29)12-18-6-3-9-32-18)34-14-15-4-2-5-17(10-15)33-13-21(25)28/h2-11H,12-14H2,1H3,(H2,25,28). The minimum absolute atomic E-state index is 0.206. The SMILES string of the molecule is COC(=O)c1ccc2c(=O)n(Cc3ccco3)c(SCc3cccc(OCC(N)=O)c3)nc2c1. The van der Waals surface area contributed by atoms with Gasteiger partial charge in [-0.25, -0.2) is 9.78 Å². The van der Waals surface area contributed by atoms with Crippen LogP contribution in [0, 0.1) is 0 Å². The maximum absolute atomic E-state index is 13.3. The third-order valence-electron chi connectivity index (χ3n) is 4.88. The maximum Gasteiger partial charge on any atom is 0.337 e. The molecule has 0 aliphatic heterocycles. The number of aromatic nitrogens is 2. The van der Waals surface area contributed by atoms with Gasteiger partial charge in [0.05, 0.1) is 36.4 Å². The lowest BCUT2D eigenvalue weighted by Crippen LogP contribution is -2.24. The van der Waals surface area contributed by atoms with E-state index >= 15 is 0 Å². The van der Waals surface area contributed by atoms with E-state index in [0.717, 1.165) is 5.56 Å². The zero-order chi connectivity index (χ0) is 24.1. The van der Waals surface area contributed by atoms with Gasteiger partial charge in [0.2, 0.25) is 0 Å². The van der Waals surface area contributed by atoms with Crippen LogP contribution in [0.4, 0.5) is 0 Å². The van der Waals surface area contributed by atoms with Crippen LogP contribution in [0.15, 0.2) is 75.2 Å². The molecule has 2 aromatic heterocycles. The van der Waals surface area contributed by atoms with Crippen molar-refractivity contribution in [1.29, 1.82) is 0 Å². The molecule has 1 amide bonds. The molecule has 0 aliphatic carbocycles. The van der Waals surface area contributed by atoms with Gasteiger partial charge in [-0.1, -0.05) is 23.9 Å². The topological polar surface area (TPSA) is 127 Å². The van der Waals surface area contributed by atoms with Gasteiger partial charge in [0.15, 0.2) is 11.8 Å². The highest BCUT2D eigenvalue weighted by Gasteiger charge is 2.16. The molecule has 0 saturated carbocycles. The molecule has 34 heavy (non-hydrogen) atoms. The lowest BCUT2D eigenvalue weighted by molar-refractivity contribution is -0.119. The van der Waals surface area contributed by atoms with E-state index in [2.05, 4.69) is 4.98 Å². The summed E-state index contributed by atoms with van der Waals surface area (Å²) in [5, 5.41) is 0.838. The number of nitrogens with two attached hydrogens (primary N) is 1. The van der Waals surface area contributed by atoms with Crippen molar-refractivity contribution >= 4 is 34.5 Å². The number of nitrogens with zero attached hydrogens (tertiary/aromatic N) is 2. The third kappa shape index (κ3) is 5.29. The normalized spacial score (nSPS) is 10.9. The first-order valence-electron chi connectivity index (χ1n) is 10.2. The second kappa shape index (κ2) is 10.3. The van der Waals surface area contributed by atoms with Gasteiger partial charge in [-0.3, -0.25) is 14.2 Å². The first-order valence-corrected chi connectivity index (χ1v) is 11.2. The Kier molecular flexibility index (Phi) is 6.98. The van der Waals surface area contributed by atoms with Crippen LogP contribution in [0.5, 0.6) is 5.75 Å². The predicted octanol–water partition coefficient (Wildman–Crippen LogP) is 2.98. The van der Waals surface area contributed by atoms with Crippen molar-refractivity contribution in [2.75, 3.05) is 13.7 Å². The second-order valence-electron chi connectivity index (χ2n) is 7.28. The summed E-state index contributed by atoms with van der Waals surface area (Å²) in [6.45, 7) is -0.00827. The average Bonchev–Trinajstić information content (AvgIpc) is 3.36. The van der Waals surface area contributed by atoms with E-state index in [9.17, 15) is 14.4 Å². The first kappa shape index (κ1) is 23.1. The summed E-state index contributed by atoms with van der Waals surface area (Å²) in [7, 11) is 1.30. The zero-order valence-electron chi connectivity index (χ0n) is 18.2. The number of rotatable bonds is 9. The summed E-state index contributed by atoms with van der Waals surface area (Å²) < 4.78 is 17.1. The largest absolute Gasteiger partial charge is 0.484 e. The third-order valence-corrected chi connectivity index (χ3v) is 5.93. The number of fused-ring (bicyclic) bond motifs is 1. The van der Waals surface area contributed by atoms with Crippen LogP contribution in [-0.2, 0) is 21.8 Å². The van der Waals surface area contributed by atoms with Crippen LogP contribution in [0.25, 0.3) is 10.9 Å². The molecule has 0 atom stereocenters. The Morgan fingerprint density at radius 2 is 2.00 bits per heavy atom. The highest BCUT2D eigenvalue weighted by atomic mass is 32.2. The van der Waals surface area contributed by atoms with Gasteiger partial charge in [-0.05, 0) is 48.0 Å². The van der Waals surface area contributed by atoms with Crippen LogP contribution in [0.1, 0.15) is 21.7 Å². The van der Waals surface area contributed by atoms with E-state index in [1.54, 1.807) is 54.8 Å². The molecule has 10 heteroatoms. The number of hydrogen-bond acceptors (Lipinski definition) is 8. The summed E-state index contributed by atoms with van der Waals surface area (Å²) in [5.41, 5.74) is 6.48. The fraction of sp³-hybridized carbons (Fsp3) is 0.167. The number of amides is 1. The minimum Gasteiger partial charge on any atom is -0.484 e. The molecule has 2 aromatic carbocycles. The Morgan fingerprint density at radius 3 is 2.74 bits per heavy atom. The molecular formula is C24H21N3O6S. The van der Waals surface area contributed by atoms with Crippen LogP contribution in [0.2, 0.25) is 0 Å². The predicted molar refractivity (Wildman–Crippen MR) is 126 cm³/mol. The average molecular weight is 480 g/mol. The van der Waals surface area contributed by atoms with Crippen molar-refractivity contribution in [2.24, 2.45) is 5.73 Å². The number of benzene rings is 2. The molecule has 9 nitrogen and oxygen atoms in total. The molecular weight excluding hydrogens is 458 g/mol. The number of primary amides is 1. The summed E-state index contributed by atoms with van der Waals surface area (Å²) in [5.74, 6) is 0.525. The molecule has 0 spiro atoms. The Labute approximate surface area is 198 Å². The van der Waals surface area contributed by atoms with Gasteiger partial charge in [-0.15, -0.1) is 0 Å². The number of carbonyl (C=O) groups is 2. The number of hydrogen-bond donors (Lipinski definition) is 1. The van der Waals surface area contributed by atoms with Crippen molar-refractivity contribution in [3.05, 3.63) is 88.1 Å². The highest BCUT2D eigenvalue weighted by molar-refractivity contribution is 7.98. The summed E-state index contributed by atoms with van der Waals surface area (Å²) in [6, 6.07) is 15.4. The number of ether oxygens (including phenoxy) is 2. The van der Waals surface area contributed by atoms with Crippen molar-refractivity contribution in [2.45, 2.75) is 17.5 Å². The van der Waals surface area contributed by atoms with Gasteiger partial charge < -0.3 is 19.6 Å². The number of carbonyl (C=O) groups excluding carboxylic acids is 2. The molecule has 2 heterocycles. The zero-order valence-corrected chi connectivity index (χ0v) is 19.0. The molecule has 0 fully saturated rings. The number of methoxy groups -OCH3 is 1. The molecule has 0 unspecified atom stereocenters. The van der Waals surface area contributed by atoms with Crippen LogP contribution >= 0.6 is 11.8 Å². The summed E-state index contributed by atoms with van der Waals surface area (Å²) in [4.78, 5) is 40.9. The number of thioether (sulfide) groups is 1. The second-order valence-corrected chi connectivity index (χ2v) is 8.22. The Hall–Kier alpha value is -4.05. The lowest BCUT2D eigenvalue weighted by atomic mass is 10.1. The van der Waals surface area contributed by atoms with Crippen molar-refractivity contribution in [3.8, 4) is 5.75 Å². The van der Waals surface area contributed by atoms with Crippen LogP contribution in [0.3, 0.4) is 0 Å². The van der Waals surface area contributed by atoms with E-state index in [-0.39, 0.29) is 18.7 Å². The minimum atomic E-state index is -0.562. The van der Waals surface area contributed by atoms with Crippen molar-refractivity contribution in [3.63, 3.8) is 0 Å². The molecule has 4 rings (SSSR count). The number of furan rings is 1. The summed E-state index contributed by atoms with van der Waals surface area (Å²) >= 11 is 1.35. The molecule has 4 aromatic rings. The van der Waals surface area contributed by atoms with E-state index in [1.807, 2.05) is 6.07 Å². The molecule has 0 bridgehead atoms. The quantitative estimate of drug-likeness (QED) is 0.221. The van der Waals surface area contributed by atoms with Crippen molar-refractivity contribution in [1.82, 2.24) is 9.55 Å². The van der Waals surface area contributed by atoms with E-state index in [4.69, 9.17) is 19.6 Å². The fourth-order valence-corrected chi connectivity index (χ4v) is 4.22. The van der Waals surface area contributed by atoms with E-state index in [0.29, 0.717) is 38.9 Å². The van der Waals surface area contributed by atoms with Crippen LogP contribution < -0.4 is 16.0 Å². The molecule has 0 radical (unpaired) electrons. The summed E-state index contributed by atoms with van der Waals surface area (Å²) in [6.07, 6.45) is 1.54. The van der Waals surface area contributed by atoms with Gasteiger partial charge in [0.1, 0.15) is 11.5 Å². The van der Waals surface area contributed by atoms with E-state index < -0.39 is 11.9 Å². The highest BCUT2D eigenvalue weighted by Crippen LogP contribution is 2.25. The van der Waals surface area contributed by atoms with Crippen molar-refractivity contribution < 1.29 is 23.5 Å². The van der Waals surface area contributed by atoms with Crippen LogP contribution in [-0.4, -0.2) is 35.1 Å². The molecule has 0 saturated heterocycles. The Bertz CT molecular complexity index is 1400. The molecule has 0 aliphatic rings.